The van der Waals surface area contributed by atoms with Crippen molar-refractivity contribution in [3.8, 4) is 0 Å². The van der Waals surface area contributed by atoms with E-state index in [9.17, 15) is 9.90 Å². The van der Waals surface area contributed by atoms with E-state index in [2.05, 4.69) is 11.9 Å². The molecule has 2 amide bonds. The number of nitrogens with zero attached hydrogens (tertiary/aromatic N) is 1. The minimum atomic E-state index is -0.243. The zero-order chi connectivity index (χ0) is 15.1. The van der Waals surface area contributed by atoms with E-state index in [4.69, 9.17) is 4.74 Å². The first-order valence-electron chi connectivity index (χ1n) is 8.15. The first-order valence-corrected chi connectivity index (χ1v) is 8.15. The van der Waals surface area contributed by atoms with E-state index in [-0.39, 0.29) is 24.1 Å². The van der Waals surface area contributed by atoms with Gasteiger partial charge in [0.15, 0.2) is 0 Å². The number of aliphatic hydroxyl groups is 1. The van der Waals surface area contributed by atoms with Crippen molar-refractivity contribution in [3.05, 3.63) is 12.7 Å². The van der Waals surface area contributed by atoms with Gasteiger partial charge in [0.25, 0.3) is 0 Å². The number of hydrogen-bond donors (Lipinski definition) is 2. The van der Waals surface area contributed by atoms with Crippen LogP contribution in [0.3, 0.4) is 0 Å². The first kappa shape index (κ1) is 16.3. The molecule has 5 heteroatoms. The maximum absolute atomic E-state index is 12.3. The molecule has 2 rings (SSSR count). The molecule has 0 aromatic carbocycles. The van der Waals surface area contributed by atoms with Gasteiger partial charge in [-0.05, 0) is 25.7 Å². The number of aliphatic hydroxyl groups excluding tert-OH is 1. The number of carbonyl (C=O) groups is 1. The molecule has 0 aromatic heterocycles. The molecule has 0 spiro atoms. The zero-order valence-corrected chi connectivity index (χ0v) is 12.8. The Kier molecular flexibility index (Phi) is 6.51. The number of nitrogens with one attached hydrogen (secondary N) is 1. The van der Waals surface area contributed by atoms with Gasteiger partial charge in [-0.2, -0.15) is 0 Å². The molecular formula is C16H28N2O3. The lowest BCUT2D eigenvalue weighted by Gasteiger charge is -2.37. The lowest BCUT2D eigenvalue weighted by atomic mass is 9.80. The van der Waals surface area contributed by atoms with E-state index >= 15 is 0 Å². The summed E-state index contributed by atoms with van der Waals surface area (Å²) in [6.45, 7) is 5.91. The van der Waals surface area contributed by atoms with Crippen LogP contribution in [0.5, 0.6) is 0 Å². The normalized spacial score (nSPS) is 29.4. The van der Waals surface area contributed by atoms with Gasteiger partial charge in [-0.1, -0.05) is 18.9 Å². The summed E-state index contributed by atoms with van der Waals surface area (Å²) >= 11 is 0. The van der Waals surface area contributed by atoms with Crippen molar-refractivity contribution in [3.63, 3.8) is 0 Å². The van der Waals surface area contributed by atoms with Gasteiger partial charge in [-0.15, -0.1) is 6.58 Å². The molecule has 2 fully saturated rings. The zero-order valence-electron chi connectivity index (χ0n) is 12.8. The van der Waals surface area contributed by atoms with Crippen molar-refractivity contribution in [2.45, 2.75) is 50.7 Å². The van der Waals surface area contributed by atoms with Crippen molar-refractivity contribution < 1.29 is 14.6 Å². The molecule has 1 saturated heterocycles. The number of urea groups is 1. The average molecular weight is 296 g/mol. The minimum absolute atomic E-state index is 0.0162. The fourth-order valence-corrected chi connectivity index (χ4v) is 3.58. The number of amides is 2. The third-order valence-corrected chi connectivity index (χ3v) is 4.59. The van der Waals surface area contributed by atoms with Crippen LogP contribution < -0.4 is 5.32 Å². The van der Waals surface area contributed by atoms with Crippen LogP contribution in [-0.4, -0.2) is 54.5 Å². The fraction of sp³-hybridized carbons (Fsp3) is 0.812. The molecule has 0 bridgehead atoms. The molecule has 5 nitrogen and oxygen atoms in total. The molecular weight excluding hydrogens is 268 g/mol. The number of hydrogen-bond acceptors (Lipinski definition) is 3. The van der Waals surface area contributed by atoms with Gasteiger partial charge in [0.05, 0.1) is 19.3 Å². The molecule has 0 aromatic rings. The van der Waals surface area contributed by atoms with E-state index < -0.39 is 0 Å². The van der Waals surface area contributed by atoms with Gasteiger partial charge in [0.2, 0.25) is 0 Å². The average Bonchev–Trinajstić information content (AvgIpc) is 2.96. The Morgan fingerprint density at radius 2 is 2.14 bits per heavy atom. The first-order chi connectivity index (χ1) is 10.2. The van der Waals surface area contributed by atoms with Crippen molar-refractivity contribution in [1.29, 1.82) is 0 Å². The summed E-state index contributed by atoms with van der Waals surface area (Å²) in [5, 5.41) is 13.1. The van der Waals surface area contributed by atoms with Crippen LogP contribution in [0, 0.1) is 5.92 Å². The van der Waals surface area contributed by atoms with E-state index in [1.54, 1.807) is 6.08 Å². The number of ether oxygens (including phenoxy) is 1. The molecule has 1 saturated carbocycles. The molecule has 1 aliphatic heterocycles. The second-order valence-corrected chi connectivity index (χ2v) is 6.01. The summed E-state index contributed by atoms with van der Waals surface area (Å²) in [6.07, 6.45) is 7.71. The van der Waals surface area contributed by atoms with E-state index in [1.165, 1.54) is 6.42 Å². The Balaban J connectivity index is 1.80. The Bertz CT molecular complexity index is 348. The van der Waals surface area contributed by atoms with Gasteiger partial charge in [-0.25, -0.2) is 4.79 Å². The number of rotatable bonds is 6. The third kappa shape index (κ3) is 4.45. The summed E-state index contributed by atoms with van der Waals surface area (Å²) in [5.74, 6) is 0.254. The lowest BCUT2D eigenvalue weighted by Crippen LogP contribution is -2.49. The van der Waals surface area contributed by atoms with Gasteiger partial charge < -0.3 is 20.1 Å². The fourth-order valence-electron chi connectivity index (χ4n) is 3.58. The maximum Gasteiger partial charge on any atom is 0.317 e. The van der Waals surface area contributed by atoms with Gasteiger partial charge in [0, 0.05) is 25.0 Å². The monoisotopic (exact) mass is 296 g/mol. The standard InChI is InChI=1S/C16H28N2O3/c1-2-11-21-12-9-17-16(20)18-10-5-7-14(18)13-6-3-4-8-15(13)19/h2,13-15,19H,1,3-12H2,(H,17,20)/t13-,14+,15-/m0/s1. The molecule has 1 heterocycles. The maximum atomic E-state index is 12.3. The summed E-state index contributed by atoms with van der Waals surface area (Å²) in [5.41, 5.74) is 0. The van der Waals surface area contributed by atoms with Crippen LogP contribution in [0.25, 0.3) is 0 Å². The van der Waals surface area contributed by atoms with Crippen molar-refractivity contribution >= 4 is 6.03 Å². The summed E-state index contributed by atoms with van der Waals surface area (Å²) in [6, 6.07) is 0.187. The van der Waals surface area contributed by atoms with Gasteiger partial charge in [-0.3, -0.25) is 0 Å². The topological polar surface area (TPSA) is 61.8 Å². The minimum Gasteiger partial charge on any atom is -0.393 e. The SMILES string of the molecule is C=CCOCCNC(=O)N1CCC[C@@H]1[C@@H]1CCCC[C@@H]1O. The largest absolute Gasteiger partial charge is 0.393 e. The van der Waals surface area contributed by atoms with Crippen LogP contribution in [0.4, 0.5) is 4.79 Å². The van der Waals surface area contributed by atoms with Crippen molar-refractivity contribution in [2.75, 3.05) is 26.3 Å². The van der Waals surface area contributed by atoms with Crippen LogP contribution in [-0.2, 0) is 4.74 Å². The second-order valence-electron chi connectivity index (χ2n) is 6.01. The highest BCUT2D eigenvalue weighted by Crippen LogP contribution is 2.34. The van der Waals surface area contributed by atoms with Gasteiger partial charge in [0.1, 0.15) is 0 Å². The predicted octanol–water partition coefficient (Wildman–Crippen LogP) is 1.91. The highest BCUT2D eigenvalue weighted by Gasteiger charge is 2.38. The van der Waals surface area contributed by atoms with E-state index in [0.29, 0.717) is 19.8 Å². The molecule has 21 heavy (non-hydrogen) atoms. The molecule has 2 aliphatic rings. The molecule has 2 N–H and O–H groups in total. The molecule has 3 atom stereocenters. The predicted molar refractivity (Wildman–Crippen MR) is 82.1 cm³/mol. The van der Waals surface area contributed by atoms with Crippen molar-refractivity contribution in [2.24, 2.45) is 5.92 Å². The molecule has 0 radical (unpaired) electrons. The van der Waals surface area contributed by atoms with Crippen LogP contribution in [0.1, 0.15) is 38.5 Å². The molecule has 120 valence electrons. The summed E-state index contributed by atoms with van der Waals surface area (Å²) in [7, 11) is 0. The Hall–Kier alpha value is -1.07. The summed E-state index contributed by atoms with van der Waals surface area (Å²) in [4.78, 5) is 14.2. The van der Waals surface area contributed by atoms with Gasteiger partial charge >= 0.3 is 6.03 Å². The number of likely N-dealkylation sites (tertiary alicyclic amines) is 1. The smallest absolute Gasteiger partial charge is 0.317 e. The van der Waals surface area contributed by atoms with Crippen molar-refractivity contribution in [1.82, 2.24) is 10.2 Å². The lowest BCUT2D eigenvalue weighted by molar-refractivity contribution is 0.0305. The second kappa shape index (κ2) is 8.39. The highest BCUT2D eigenvalue weighted by atomic mass is 16.5. The van der Waals surface area contributed by atoms with E-state index in [1.807, 2.05) is 4.90 Å². The van der Waals surface area contributed by atoms with Crippen LogP contribution in [0.15, 0.2) is 12.7 Å². The van der Waals surface area contributed by atoms with Crippen LogP contribution in [0.2, 0.25) is 0 Å². The third-order valence-electron chi connectivity index (χ3n) is 4.59. The molecule has 1 aliphatic carbocycles. The molecule has 0 unspecified atom stereocenters. The Labute approximate surface area is 127 Å². The Morgan fingerprint density at radius 3 is 2.90 bits per heavy atom. The van der Waals surface area contributed by atoms with E-state index in [0.717, 1.165) is 38.6 Å². The number of carbonyl (C=O) groups excluding carboxylic acids is 1. The highest BCUT2D eigenvalue weighted by molar-refractivity contribution is 5.74. The summed E-state index contributed by atoms with van der Waals surface area (Å²) < 4.78 is 5.26. The Morgan fingerprint density at radius 1 is 1.33 bits per heavy atom. The quantitative estimate of drug-likeness (QED) is 0.581. The van der Waals surface area contributed by atoms with Crippen LogP contribution >= 0.6 is 0 Å².